The van der Waals surface area contributed by atoms with E-state index in [2.05, 4.69) is 15.5 Å². The molecule has 0 unspecified atom stereocenters. The zero-order valence-corrected chi connectivity index (χ0v) is 15.9. The predicted octanol–water partition coefficient (Wildman–Crippen LogP) is 1.57. The molecule has 2 amide bonds. The van der Waals surface area contributed by atoms with E-state index in [-0.39, 0.29) is 41.0 Å². The number of nitrogens with zero attached hydrogens (tertiary/aromatic N) is 3. The second-order valence-corrected chi connectivity index (χ2v) is 8.10. The summed E-state index contributed by atoms with van der Waals surface area (Å²) in [7, 11) is 0. The van der Waals surface area contributed by atoms with E-state index in [0.29, 0.717) is 25.4 Å². The second kappa shape index (κ2) is 6.62. The fourth-order valence-electron chi connectivity index (χ4n) is 5.11. The van der Waals surface area contributed by atoms with Gasteiger partial charge in [-0.15, -0.1) is 0 Å². The van der Waals surface area contributed by atoms with E-state index >= 15 is 0 Å². The first kappa shape index (κ1) is 18.2. The maximum absolute atomic E-state index is 14.0. The first-order valence-electron chi connectivity index (χ1n) is 9.75. The largest absolute Gasteiger partial charge is 0.369 e. The number of pyridine rings is 1. The van der Waals surface area contributed by atoms with Crippen LogP contribution in [0.2, 0.25) is 0 Å². The molecular formula is C20H21FN4O4. The lowest BCUT2D eigenvalue weighted by Crippen LogP contribution is -2.42. The number of hydrogen-bond acceptors (Lipinski definition) is 6. The van der Waals surface area contributed by atoms with Crippen LogP contribution in [0.3, 0.4) is 0 Å². The maximum Gasteiger partial charge on any atom is 0.273 e. The van der Waals surface area contributed by atoms with Gasteiger partial charge in [-0.1, -0.05) is 5.16 Å². The Balaban J connectivity index is 1.29. The van der Waals surface area contributed by atoms with Crippen molar-refractivity contribution in [1.82, 2.24) is 20.4 Å². The Hall–Kier alpha value is -2.81. The third-order valence-electron chi connectivity index (χ3n) is 6.43. The molecule has 1 N–H and O–H groups in total. The zero-order valence-electron chi connectivity index (χ0n) is 15.9. The van der Waals surface area contributed by atoms with Crippen LogP contribution in [-0.4, -0.2) is 58.2 Å². The van der Waals surface area contributed by atoms with Gasteiger partial charge in [0.1, 0.15) is 5.76 Å². The van der Waals surface area contributed by atoms with Crippen LogP contribution in [0.4, 0.5) is 4.39 Å². The molecule has 4 atom stereocenters. The highest BCUT2D eigenvalue weighted by Crippen LogP contribution is 2.54. The molecule has 3 fully saturated rings. The lowest BCUT2D eigenvalue weighted by molar-refractivity contribution is 0.00311. The summed E-state index contributed by atoms with van der Waals surface area (Å²) in [6.45, 7) is 3.10. The lowest BCUT2D eigenvalue weighted by Gasteiger charge is -2.29. The Morgan fingerprint density at radius 2 is 2.31 bits per heavy atom. The number of likely N-dealkylation sites (tertiary alicyclic amines) is 1. The van der Waals surface area contributed by atoms with Gasteiger partial charge in [-0.2, -0.15) is 0 Å². The van der Waals surface area contributed by atoms with Crippen LogP contribution in [0.1, 0.15) is 39.4 Å². The molecule has 29 heavy (non-hydrogen) atoms. The SMILES string of the molecule is Cc1cc(C(=O)NC[C@H]2[C@H]3CN(C(=O)c4ccncc4F)C[C@]34CC[C@H]2O4)no1. The van der Waals surface area contributed by atoms with Crippen LogP contribution in [0.15, 0.2) is 29.0 Å². The van der Waals surface area contributed by atoms with Gasteiger partial charge in [0.25, 0.3) is 11.8 Å². The van der Waals surface area contributed by atoms with Crippen LogP contribution in [-0.2, 0) is 4.74 Å². The summed E-state index contributed by atoms with van der Waals surface area (Å²) in [5.41, 5.74) is -0.126. The van der Waals surface area contributed by atoms with Gasteiger partial charge in [-0.25, -0.2) is 4.39 Å². The van der Waals surface area contributed by atoms with E-state index < -0.39 is 11.4 Å². The summed E-state index contributed by atoms with van der Waals surface area (Å²) in [5.74, 6) is -0.477. The van der Waals surface area contributed by atoms with E-state index in [9.17, 15) is 14.0 Å². The molecule has 0 saturated carbocycles. The summed E-state index contributed by atoms with van der Waals surface area (Å²) in [6.07, 6.45) is 4.30. The molecule has 3 saturated heterocycles. The van der Waals surface area contributed by atoms with Gasteiger partial charge >= 0.3 is 0 Å². The zero-order chi connectivity index (χ0) is 20.2. The van der Waals surface area contributed by atoms with Crippen molar-refractivity contribution in [1.29, 1.82) is 0 Å². The van der Waals surface area contributed by atoms with E-state index in [4.69, 9.17) is 9.26 Å². The molecular weight excluding hydrogens is 379 g/mol. The minimum Gasteiger partial charge on any atom is -0.369 e. The molecule has 2 bridgehead atoms. The molecule has 1 spiro atoms. The Bertz CT molecular complexity index is 979. The van der Waals surface area contributed by atoms with Crippen molar-refractivity contribution in [2.24, 2.45) is 11.8 Å². The first-order valence-corrected chi connectivity index (χ1v) is 9.75. The summed E-state index contributed by atoms with van der Waals surface area (Å²) in [6, 6.07) is 2.99. The molecule has 5 heterocycles. The number of aromatic nitrogens is 2. The number of amides is 2. The number of nitrogens with one attached hydrogen (secondary N) is 1. The first-order chi connectivity index (χ1) is 14.0. The summed E-state index contributed by atoms with van der Waals surface area (Å²) in [4.78, 5) is 30.5. The monoisotopic (exact) mass is 400 g/mol. The van der Waals surface area contributed by atoms with Gasteiger partial charge in [-0.3, -0.25) is 14.6 Å². The average molecular weight is 400 g/mol. The number of aryl methyl sites for hydroxylation is 1. The van der Waals surface area contributed by atoms with E-state index in [1.54, 1.807) is 17.9 Å². The number of hydrogen-bond donors (Lipinski definition) is 1. The molecule has 0 aliphatic carbocycles. The maximum atomic E-state index is 14.0. The highest BCUT2D eigenvalue weighted by Gasteiger charge is 2.63. The van der Waals surface area contributed by atoms with E-state index in [1.807, 2.05) is 0 Å². The molecule has 9 heteroatoms. The van der Waals surface area contributed by atoms with Crippen molar-refractivity contribution in [3.8, 4) is 0 Å². The van der Waals surface area contributed by atoms with Gasteiger partial charge < -0.3 is 19.5 Å². The molecule has 2 aromatic rings. The predicted molar refractivity (Wildman–Crippen MR) is 97.5 cm³/mol. The fraction of sp³-hybridized carbons (Fsp3) is 0.500. The highest BCUT2D eigenvalue weighted by atomic mass is 19.1. The summed E-state index contributed by atoms with van der Waals surface area (Å²) < 4.78 is 25.3. The van der Waals surface area contributed by atoms with Crippen LogP contribution in [0.25, 0.3) is 0 Å². The van der Waals surface area contributed by atoms with Crippen LogP contribution >= 0.6 is 0 Å². The standard InChI is InChI=1S/C20H21FN4O4/c1-11-6-16(24-29-11)18(26)23-7-13-14-9-25(10-20(14)4-2-17(13)28-20)19(27)12-3-5-22-8-15(12)21/h3,5-6,8,13-14,17H,2,4,7,9-10H2,1H3,(H,23,26)/t13-,14+,17+,20+/m0/s1. The van der Waals surface area contributed by atoms with Gasteiger partial charge in [0.15, 0.2) is 11.5 Å². The van der Waals surface area contributed by atoms with E-state index in [1.165, 1.54) is 12.3 Å². The topological polar surface area (TPSA) is 97.6 Å². The molecule has 8 nitrogen and oxygen atoms in total. The Kier molecular flexibility index (Phi) is 4.16. The number of carbonyl (C=O) groups is 2. The van der Waals surface area contributed by atoms with Gasteiger partial charge in [0.05, 0.1) is 30.0 Å². The molecule has 0 radical (unpaired) electrons. The Morgan fingerprint density at radius 1 is 1.45 bits per heavy atom. The average Bonchev–Trinajstić information content (AvgIpc) is 3.46. The Labute approximate surface area is 166 Å². The molecule has 3 aliphatic heterocycles. The summed E-state index contributed by atoms with van der Waals surface area (Å²) >= 11 is 0. The van der Waals surface area contributed by atoms with Crippen molar-refractivity contribution in [3.05, 3.63) is 47.4 Å². The lowest BCUT2D eigenvalue weighted by atomic mass is 9.73. The molecule has 5 rings (SSSR count). The van der Waals surface area contributed by atoms with Crippen molar-refractivity contribution < 1.29 is 23.2 Å². The third kappa shape index (κ3) is 2.91. The number of carbonyl (C=O) groups excluding carboxylic acids is 2. The number of ether oxygens (including phenoxy) is 1. The molecule has 2 aromatic heterocycles. The van der Waals surface area contributed by atoms with Crippen molar-refractivity contribution in [3.63, 3.8) is 0 Å². The quantitative estimate of drug-likeness (QED) is 0.837. The molecule has 3 aliphatic rings. The minimum absolute atomic E-state index is 0.0252. The van der Waals surface area contributed by atoms with Crippen LogP contribution in [0.5, 0.6) is 0 Å². The fourth-order valence-corrected chi connectivity index (χ4v) is 5.11. The third-order valence-corrected chi connectivity index (χ3v) is 6.43. The van der Waals surface area contributed by atoms with Gasteiger partial charge in [0.2, 0.25) is 0 Å². The van der Waals surface area contributed by atoms with E-state index in [0.717, 1.165) is 19.0 Å². The number of halogens is 1. The second-order valence-electron chi connectivity index (χ2n) is 8.10. The highest BCUT2D eigenvalue weighted by molar-refractivity contribution is 5.94. The van der Waals surface area contributed by atoms with Crippen LogP contribution in [0, 0.1) is 24.6 Å². The molecule has 0 aromatic carbocycles. The van der Waals surface area contributed by atoms with Gasteiger partial charge in [-0.05, 0) is 25.8 Å². The van der Waals surface area contributed by atoms with Gasteiger partial charge in [0, 0.05) is 37.2 Å². The summed E-state index contributed by atoms with van der Waals surface area (Å²) in [5, 5.41) is 6.66. The van der Waals surface area contributed by atoms with Crippen LogP contribution < -0.4 is 5.32 Å². The normalized spacial score (nSPS) is 29.9. The number of fused-ring (bicyclic) bond motifs is 1. The van der Waals surface area contributed by atoms with Crippen molar-refractivity contribution in [2.45, 2.75) is 31.5 Å². The van der Waals surface area contributed by atoms with Crippen molar-refractivity contribution >= 4 is 11.8 Å². The smallest absolute Gasteiger partial charge is 0.273 e. The minimum atomic E-state index is -0.621. The Morgan fingerprint density at radius 3 is 3.07 bits per heavy atom. The molecule has 152 valence electrons. The number of rotatable bonds is 4. The van der Waals surface area contributed by atoms with Crippen molar-refractivity contribution in [2.75, 3.05) is 19.6 Å².